The van der Waals surface area contributed by atoms with E-state index in [4.69, 9.17) is 12.2 Å². The van der Waals surface area contributed by atoms with Crippen LogP contribution in [0.15, 0.2) is 12.3 Å². The molecule has 0 bridgehead atoms. The summed E-state index contributed by atoms with van der Waals surface area (Å²) in [6.07, 6.45) is 3.85. The standard InChI is InChI=1S/C6H7NOS/c1-7-3-2-5(9)4-6(7)8/h2-3H,4H2,1H3. The van der Waals surface area contributed by atoms with Gasteiger partial charge in [-0.2, -0.15) is 0 Å². The highest BCUT2D eigenvalue weighted by molar-refractivity contribution is 7.80. The van der Waals surface area contributed by atoms with Crippen LogP contribution in [0.5, 0.6) is 0 Å². The summed E-state index contributed by atoms with van der Waals surface area (Å²) in [5, 5.41) is 0. The third-order valence-electron chi connectivity index (χ3n) is 1.20. The van der Waals surface area contributed by atoms with Gasteiger partial charge in [0.1, 0.15) is 0 Å². The van der Waals surface area contributed by atoms with Crippen LogP contribution in [0.2, 0.25) is 0 Å². The van der Waals surface area contributed by atoms with E-state index in [9.17, 15) is 4.79 Å². The number of amides is 1. The quantitative estimate of drug-likeness (QED) is 0.463. The summed E-state index contributed by atoms with van der Waals surface area (Å²) in [5.41, 5.74) is 0. The lowest BCUT2D eigenvalue weighted by Gasteiger charge is -2.15. The summed E-state index contributed by atoms with van der Waals surface area (Å²) in [4.78, 5) is 13.0. The number of hydrogen-bond acceptors (Lipinski definition) is 2. The summed E-state index contributed by atoms with van der Waals surface area (Å²) in [7, 11) is 1.72. The molecule has 1 aliphatic rings. The van der Waals surface area contributed by atoms with Gasteiger partial charge in [0.05, 0.1) is 6.42 Å². The van der Waals surface area contributed by atoms with E-state index in [1.54, 1.807) is 19.3 Å². The molecule has 0 saturated heterocycles. The van der Waals surface area contributed by atoms with Gasteiger partial charge >= 0.3 is 0 Å². The zero-order valence-electron chi connectivity index (χ0n) is 5.13. The third-order valence-corrected chi connectivity index (χ3v) is 1.48. The average molecular weight is 141 g/mol. The Bertz CT molecular complexity index is 185. The zero-order chi connectivity index (χ0) is 6.85. The molecule has 0 unspecified atom stereocenters. The van der Waals surface area contributed by atoms with Gasteiger partial charge in [0.15, 0.2) is 0 Å². The largest absolute Gasteiger partial charge is 0.322 e. The fraction of sp³-hybridized carbons (Fsp3) is 0.333. The van der Waals surface area contributed by atoms with Gasteiger partial charge in [-0.3, -0.25) is 4.79 Å². The van der Waals surface area contributed by atoms with Gasteiger partial charge in [0, 0.05) is 18.1 Å². The van der Waals surface area contributed by atoms with Crippen LogP contribution in [0.4, 0.5) is 0 Å². The number of hydrogen-bond donors (Lipinski definition) is 0. The van der Waals surface area contributed by atoms with E-state index in [1.807, 2.05) is 0 Å². The molecule has 0 N–H and O–H groups in total. The molecular weight excluding hydrogens is 134 g/mol. The Morgan fingerprint density at radius 1 is 1.78 bits per heavy atom. The molecule has 1 rings (SSSR count). The second-order valence-corrected chi connectivity index (χ2v) is 2.49. The van der Waals surface area contributed by atoms with Gasteiger partial charge in [-0.05, 0) is 6.08 Å². The minimum Gasteiger partial charge on any atom is -0.322 e. The number of carbonyl (C=O) groups is 1. The Hall–Kier alpha value is -0.700. The van der Waals surface area contributed by atoms with E-state index in [0.717, 1.165) is 4.86 Å². The Kier molecular flexibility index (Phi) is 1.62. The average Bonchev–Trinajstić information content (AvgIpc) is 1.80. The molecule has 0 fully saturated rings. The maximum atomic E-state index is 10.8. The highest BCUT2D eigenvalue weighted by Gasteiger charge is 2.11. The van der Waals surface area contributed by atoms with Crippen molar-refractivity contribution in [3.63, 3.8) is 0 Å². The molecule has 0 aliphatic carbocycles. The summed E-state index contributed by atoms with van der Waals surface area (Å²) >= 11 is 4.80. The minimum absolute atomic E-state index is 0.0718. The first kappa shape index (κ1) is 6.42. The molecule has 48 valence electrons. The van der Waals surface area contributed by atoms with Crippen molar-refractivity contribution < 1.29 is 4.79 Å². The van der Waals surface area contributed by atoms with Crippen LogP contribution in [0.25, 0.3) is 0 Å². The van der Waals surface area contributed by atoms with Crippen molar-refractivity contribution in [2.24, 2.45) is 0 Å². The van der Waals surface area contributed by atoms with E-state index in [-0.39, 0.29) is 5.91 Å². The van der Waals surface area contributed by atoms with E-state index in [0.29, 0.717) is 6.42 Å². The molecule has 1 heterocycles. The van der Waals surface area contributed by atoms with E-state index in [1.165, 1.54) is 4.90 Å². The first-order chi connectivity index (χ1) is 4.20. The van der Waals surface area contributed by atoms with Gasteiger partial charge in [0.25, 0.3) is 0 Å². The third kappa shape index (κ3) is 1.36. The van der Waals surface area contributed by atoms with Crippen molar-refractivity contribution in [1.29, 1.82) is 0 Å². The maximum Gasteiger partial charge on any atom is 0.231 e. The van der Waals surface area contributed by atoms with Crippen LogP contribution in [-0.4, -0.2) is 22.7 Å². The highest BCUT2D eigenvalue weighted by atomic mass is 32.1. The zero-order valence-corrected chi connectivity index (χ0v) is 5.94. The lowest BCUT2D eigenvalue weighted by Crippen LogP contribution is -2.26. The van der Waals surface area contributed by atoms with Crippen molar-refractivity contribution in [3.8, 4) is 0 Å². The van der Waals surface area contributed by atoms with E-state index in [2.05, 4.69) is 0 Å². The van der Waals surface area contributed by atoms with Crippen molar-refractivity contribution in [2.75, 3.05) is 7.05 Å². The number of carbonyl (C=O) groups excluding carboxylic acids is 1. The highest BCUT2D eigenvalue weighted by Crippen LogP contribution is 2.02. The Morgan fingerprint density at radius 2 is 2.44 bits per heavy atom. The molecule has 0 aromatic carbocycles. The molecule has 0 atom stereocenters. The molecule has 2 nitrogen and oxygen atoms in total. The summed E-state index contributed by atoms with van der Waals surface area (Å²) in [5.74, 6) is 0.0718. The van der Waals surface area contributed by atoms with Crippen LogP contribution in [0.3, 0.4) is 0 Å². The fourth-order valence-electron chi connectivity index (χ4n) is 0.611. The van der Waals surface area contributed by atoms with Gasteiger partial charge < -0.3 is 4.90 Å². The molecule has 9 heavy (non-hydrogen) atoms. The molecule has 0 aromatic heterocycles. The SMILES string of the molecule is CN1C=CC(=S)CC1=O. The van der Waals surface area contributed by atoms with Gasteiger partial charge in [0.2, 0.25) is 5.91 Å². The normalized spacial score (nSPS) is 19.0. The minimum atomic E-state index is 0.0718. The summed E-state index contributed by atoms with van der Waals surface area (Å²) < 4.78 is 0. The van der Waals surface area contributed by atoms with Crippen LogP contribution >= 0.6 is 12.2 Å². The van der Waals surface area contributed by atoms with Crippen LogP contribution < -0.4 is 0 Å². The molecule has 0 aromatic rings. The van der Waals surface area contributed by atoms with Crippen molar-refractivity contribution in [2.45, 2.75) is 6.42 Å². The molecule has 0 spiro atoms. The van der Waals surface area contributed by atoms with Crippen LogP contribution in [0.1, 0.15) is 6.42 Å². The monoisotopic (exact) mass is 141 g/mol. The molecule has 1 amide bonds. The second kappa shape index (κ2) is 2.27. The smallest absolute Gasteiger partial charge is 0.231 e. The predicted octanol–water partition coefficient (Wildman–Crippen LogP) is 0.732. The Balaban J connectivity index is 2.76. The molecule has 1 aliphatic heterocycles. The topological polar surface area (TPSA) is 20.3 Å². The van der Waals surface area contributed by atoms with Gasteiger partial charge in [-0.1, -0.05) is 12.2 Å². The molecule has 3 heteroatoms. The Labute approximate surface area is 59.1 Å². The molecular formula is C6H7NOS. The van der Waals surface area contributed by atoms with Crippen molar-refractivity contribution >= 4 is 23.0 Å². The van der Waals surface area contributed by atoms with Crippen molar-refractivity contribution in [1.82, 2.24) is 4.90 Å². The summed E-state index contributed by atoms with van der Waals surface area (Å²) in [6.45, 7) is 0. The predicted molar refractivity (Wildman–Crippen MR) is 39.1 cm³/mol. The van der Waals surface area contributed by atoms with Gasteiger partial charge in [-0.15, -0.1) is 0 Å². The van der Waals surface area contributed by atoms with E-state index < -0.39 is 0 Å². The number of thiocarbonyl (C=S) groups is 1. The number of nitrogens with zero attached hydrogens (tertiary/aromatic N) is 1. The Morgan fingerprint density at radius 3 is 2.89 bits per heavy atom. The lowest BCUT2D eigenvalue weighted by molar-refractivity contribution is -0.126. The van der Waals surface area contributed by atoms with Crippen LogP contribution in [0, 0.1) is 0 Å². The first-order valence-electron chi connectivity index (χ1n) is 2.67. The fourth-order valence-corrected chi connectivity index (χ4v) is 0.795. The summed E-state index contributed by atoms with van der Waals surface area (Å²) in [6, 6.07) is 0. The van der Waals surface area contributed by atoms with Crippen LogP contribution in [-0.2, 0) is 4.79 Å². The molecule has 0 saturated carbocycles. The van der Waals surface area contributed by atoms with Crippen molar-refractivity contribution in [3.05, 3.63) is 12.3 Å². The van der Waals surface area contributed by atoms with E-state index >= 15 is 0 Å². The van der Waals surface area contributed by atoms with Gasteiger partial charge in [-0.25, -0.2) is 0 Å². The maximum absolute atomic E-state index is 10.8. The number of rotatable bonds is 0. The lowest BCUT2D eigenvalue weighted by atomic mass is 10.2. The number of allylic oxidation sites excluding steroid dienone is 1. The first-order valence-corrected chi connectivity index (χ1v) is 3.07. The molecule has 0 radical (unpaired) electrons. The second-order valence-electron chi connectivity index (χ2n) is 1.96.